The van der Waals surface area contributed by atoms with Gasteiger partial charge < -0.3 is 10.1 Å². The largest absolute Gasteiger partial charge is 0.379 e. The first-order valence-electron chi connectivity index (χ1n) is 6.11. The molecule has 0 aromatic heterocycles. The highest BCUT2D eigenvalue weighted by molar-refractivity contribution is 5.94. The predicted molar refractivity (Wildman–Crippen MR) is 66.2 cm³/mol. The molecule has 0 bridgehead atoms. The molecule has 5 nitrogen and oxygen atoms in total. The van der Waals surface area contributed by atoms with Crippen molar-refractivity contribution in [3.8, 4) is 5.75 Å². The summed E-state index contributed by atoms with van der Waals surface area (Å²) in [5, 5.41) is 13.9. The Labute approximate surface area is 106 Å². The fraction of sp³-hybridized carbons (Fsp3) is 0.462. The molecule has 18 heavy (non-hydrogen) atoms. The second-order valence-corrected chi connectivity index (χ2v) is 4.24. The topological polar surface area (TPSA) is 61.5 Å². The Hall–Kier alpha value is -1.59. The molecule has 97 valence electrons. The van der Waals surface area contributed by atoms with Gasteiger partial charge in [0.15, 0.2) is 5.75 Å². The van der Waals surface area contributed by atoms with Crippen LogP contribution in [0.25, 0.3) is 0 Å². The number of hydrogen-bond acceptors (Lipinski definition) is 3. The van der Waals surface area contributed by atoms with E-state index in [1.165, 1.54) is 12.1 Å². The van der Waals surface area contributed by atoms with Crippen molar-refractivity contribution in [2.75, 3.05) is 39.4 Å². The van der Waals surface area contributed by atoms with Gasteiger partial charge in [0.1, 0.15) is 0 Å². The Morgan fingerprint density at radius 2 is 2.11 bits per heavy atom. The van der Waals surface area contributed by atoms with Crippen LogP contribution in [0.5, 0.6) is 5.75 Å². The number of benzene rings is 1. The van der Waals surface area contributed by atoms with Crippen molar-refractivity contribution in [1.82, 2.24) is 10.2 Å². The standard InChI is InChI=1S/C13H17N2O3/c16-12-3-1-2-11(10-12)13(17)14-4-5-15-6-8-18-9-7-15/h1-3,10H,4-9H2,(H,14,17). The summed E-state index contributed by atoms with van der Waals surface area (Å²) < 4.78 is 5.25. The zero-order valence-electron chi connectivity index (χ0n) is 10.2. The smallest absolute Gasteiger partial charge is 0.251 e. The lowest BCUT2D eigenvalue weighted by atomic mass is 10.2. The van der Waals surface area contributed by atoms with Crippen molar-refractivity contribution in [3.05, 3.63) is 29.8 Å². The number of morpholine rings is 1. The zero-order valence-corrected chi connectivity index (χ0v) is 10.2. The summed E-state index contributed by atoms with van der Waals surface area (Å²) in [5.74, 6) is -0.336. The van der Waals surface area contributed by atoms with Crippen LogP contribution in [0.4, 0.5) is 0 Å². The average Bonchev–Trinajstić information content (AvgIpc) is 2.40. The minimum absolute atomic E-state index is 0.143. The van der Waals surface area contributed by atoms with E-state index in [0.717, 1.165) is 32.8 Å². The Morgan fingerprint density at radius 3 is 2.83 bits per heavy atom. The van der Waals surface area contributed by atoms with Crippen LogP contribution in [0.3, 0.4) is 0 Å². The van der Waals surface area contributed by atoms with Crippen molar-refractivity contribution < 1.29 is 14.6 Å². The third-order valence-corrected chi connectivity index (χ3v) is 2.91. The van der Waals surface area contributed by atoms with Crippen LogP contribution in [0.1, 0.15) is 10.4 Å². The number of hydrogen-bond donors (Lipinski definition) is 1. The monoisotopic (exact) mass is 249 g/mol. The molecule has 1 aliphatic heterocycles. The van der Waals surface area contributed by atoms with Crippen LogP contribution in [0.2, 0.25) is 0 Å². The molecule has 1 fully saturated rings. The van der Waals surface area contributed by atoms with Crippen molar-refractivity contribution in [2.24, 2.45) is 0 Å². The molecule has 0 unspecified atom stereocenters. The molecule has 1 aliphatic rings. The van der Waals surface area contributed by atoms with E-state index >= 15 is 0 Å². The van der Waals surface area contributed by atoms with E-state index in [1.54, 1.807) is 12.1 Å². The van der Waals surface area contributed by atoms with Gasteiger partial charge in [0, 0.05) is 31.7 Å². The van der Waals surface area contributed by atoms with Crippen LogP contribution in [0, 0.1) is 0 Å². The lowest BCUT2D eigenvalue weighted by Crippen LogP contribution is -2.41. The molecule has 0 spiro atoms. The van der Waals surface area contributed by atoms with Crippen LogP contribution in [-0.2, 0) is 9.84 Å². The van der Waals surface area contributed by atoms with Crippen molar-refractivity contribution in [2.45, 2.75) is 0 Å². The second kappa shape index (κ2) is 6.37. The van der Waals surface area contributed by atoms with Crippen LogP contribution >= 0.6 is 0 Å². The van der Waals surface area contributed by atoms with E-state index in [9.17, 15) is 9.90 Å². The first kappa shape index (κ1) is 12.9. The number of carbonyl (C=O) groups is 1. The van der Waals surface area contributed by atoms with Crippen LogP contribution in [-0.4, -0.2) is 50.2 Å². The molecule has 1 aromatic carbocycles. The van der Waals surface area contributed by atoms with Gasteiger partial charge in [-0.1, -0.05) is 6.07 Å². The highest BCUT2D eigenvalue weighted by atomic mass is 16.5. The first-order valence-corrected chi connectivity index (χ1v) is 6.11. The molecule has 0 saturated carbocycles. The highest BCUT2D eigenvalue weighted by Crippen LogP contribution is 2.11. The highest BCUT2D eigenvalue weighted by Gasteiger charge is 2.11. The van der Waals surface area contributed by atoms with Crippen molar-refractivity contribution >= 4 is 5.91 Å². The Bertz CT molecular complexity index is 403. The summed E-state index contributed by atoms with van der Waals surface area (Å²) in [7, 11) is 0. The summed E-state index contributed by atoms with van der Waals surface area (Å²) in [4.78, 5) is 14.0. The van der Waals surface area contributed by atoms with E-state index in [4.69, 9.17) is 4.74 Å². The number of amides is 1. The Balaban J connectivity index is 1.74. The number of rotatable bonds is 4. The molecule has 1 amide bonds. The SMILES string of the molecule is [O]c1cccc(C(=O)NCCN2CCOCC2)c1. The predicted octanol–water partition coefficient (Wildman–Crippen LogP) is 0.892. The molecule has 1 heterocycles. The molecule has 5 heteroatoms. The summed E-state index contributed by atoms with van der Waals surface area (Å²) in [6.45, 7) is 4.73. The Kier molecular flexibility index (Phi) is 4.55. The summed E-state index contributed by atoms with van der Waals surface area (Å²) in [5.41, 5.74) is 0.421. The fourth-order valence-electron chi connectivity index (χ4n) is 1.89. The molecular formula is C13H17N2O3. The molecule has 1 aromatic rings. The van der Waals surface area contributed by atoms with Crippen LogP contribution in [0.15, 0.2) is 24.3 Å². The molecule has 1 radical (unpaired) electrons. The number of nitrogens with zero attached hydrogens (tertiary/aromatic N) is 1. The van der Waals surface area contributed by atoms with E-state index in [1.807, 2.05) is 0 Å². The maximum atomic E-state index is 11.7. The maximum absolute atomic E-state index is 11.7. The summed E-state index contributed by atoms with van der Waals surface area (Å²) >= 11 is 0. The lowest BCUT2D eigenvalue weighted by molar-refractivity contribution is 0.0383. The van der Waals surface area contributed by atoms with Gasteiger partial charge >= 0.3 is 0 Å². The van der Waals surface area contributed by atoms with Gasteiger partial charge in [-0.25, -0.2) is 0 Å². The lowest BCUT2D eigenvalue weighted by Gasteiger charge is -2.26. The third kappa shape index (κ3) is 3.72. The minimum Gasteiger partial charge on any atom is -0.379 e. The molecule has 0 atom stereocenters. The van der Waals surface area contributed by atoms with Gasteiger partial charge in [-0.2, -0.15) is 0 Å². The van der Waals surface area contributed by atoms with E-state index < -0.39 is 0 Å². The van der Waals surface area contributed by atoms with E-state index in [-0.39, 0.29) is 11.7 Å². The molecular weight excluding hydrogens is 232 g/mol. The minimum atomic E-state index is -0.194. The van der Waals surface area contributed by atoms with E-state index in [2.05, 4.69) is 10.2 Å². The van der Waals surface area contributed by atoms with Gasteiger partial charge in [-0.05, 0) is 18.2 Å². The molecule has 2 rings (SSSR count). The number of nitrogens with one attached hydrogen (secondary N) is 1. The molecule has 1 saturated heterocycles. The van der Waals surface area contributed by atoms with Gasteiger partial charge in [0.2, 0.25) is 0 Å². The van der Waals surface area contributed by atoms with Crippen molar-refractivity contribution in [1.29, 1.82) is 0 Å². The molecule has 1 N–H and O–H groups in total. The Morgan fingerprint density at radius 1 is 1.33 bits per heavy atom. The van der Waals surface area contributed by atoms with Gasteiger partial charge in [-0.3, -0.25) is 14.8 Å². The van der Waals surface area contributed by atoms with Gasteiger partial charge in [-0.15, -0.1) is 0 Å². The maximum Gasteiger partial charge on any atom is 0.251 e. The van der Waals surface area contributed by atoms with Crippen molar-refractivity contribution in [3.63, 3.8) is 0 Å². The quantitative estimate of drug-likeness (QED) is 0.862. The number of ether oxygens (including phenoxy) is 1. The van der Waals surface area contributed by atoms with Gasteiger partial charge in [0.05, 0.1) is 13.2 Å². The summed E-state index contributed by atoms with van der Waals surface area (Å²) in [6.07, 6.45) is 0. The number of carbonyl (C=O) groups excluding carboxylic acids is 1. The molecule has 0 aliphatic carbocycles. The summed E-state index contributed by atoms with van der Waals surface area (Å²) in [6, 6.07) is 6.03. The van der Waals surface area contributed by atoms with E-state index in [0.29, 0.717) is 12.1 Å². The second-order valence-electron chi connectivity index (χ2n) is 4.24. The third-order valence-electron chi connectivity index (χ3n) is 2.91. The zero-order chi connectivity index (χ0) is 12.8. The average molecular weight is 249 g/mol. The van der Waals surface area contributed by atoms with Crippen LogP contribution < -0.4 is 5.32 Å². The normalized spacial score (nSPS) is 16.4. The fourth-order valence-corrected chi connectivity index (χ4v) is 1.89. The first-order chi connectivity index (χ1) is 8.75. The van der Waals surface area contributed by atoms with Gasteiger partial charge in [0.25, 0.3) is 5.91 Å².